The number of hydrogen-bond donors (Lipinski definition) is 1. The molecule has 0 spiro atoms. The highest BCUT2D eigenvalue weighted by Crippen LogP contribution is 2.40. The molecule has 1 aromatic rings. The molecule has 1 aromatic heterocycles. The molecule has 1 N–H and O–H groups in total. The first-order valence-corrected chi connectivity index (χ1v) is 6.73. The number of nitrogens with one attached hydrogen (secondary N) is 1. The molecule has 1 atom stereocenters. The van der Waals surface area contributed by atoms with Crippen LogP contribution in [0.2, 0.25) is 0 Å². The molecule has 4 nitrogen and oxygen atoms in total. The summed E-state index contributed by atoms with van der Waals surface area (Å²) in [4.78, 5) is 9.13. The molecule has 18 heavy (non-hydrogen) atoms. The Balaban J connectivity index is 2.18. The van der Waals surface area contributed by atoms with Gasteiger partial charge in [0.05, 0.1) is 5.69 Å². The van der Waals surface area contributed by atoms with E-state index in [4.69, 9.17) is 9.72 Å². The molecule has 1 aliphatic carbocycles. The van der Waals surface area contributed by atoms with Crippen molar-refractivity contribution >= 4 is 0 Å². The lowest BCUT2D eigenvalue weighted by Crippen LogP contribution is -2.23. The van der Waals surface area contributed by atoms with Gasteiger partial charge in [0.15, 0.2) is 5.82 Å². The molecule has 1 unspecified atom stereocenters. The van der Waals surface area contributed by atoms with Gasteiger partial charge in [-0.25, -0.2) is 9.97 Å². The minimum atomic E-state index is -0.0328. The maximum absolute atomic E-state index is 5.29. The lowest BCUT2D eigenvalue weighted by atomic mass is 10.1. The largest absolute Gasteiger partial charge is 0.374 e. The summed E-state index contributed by atoms with van der Waals surface area (Å²) >= 11 is 0. The second kappa shape index (κ2) is 5.76. The van der Waals surface area contributed by atoms with Gasteiger partial charge in [0, 0.05) is 37.4 Å². The van der Waals surface area contributed by atoms with Crippen LogP contribution < -0.4 is 5.32 Å². The zero-order chi connectivity index (χ0) is 13.1. The second-order valence-electron chi connectivity index (χ2n) is 5.33. The zero-order valence-electron chi connectivity index (χ0n) is 11.7. The minimum Gasteiger partial charge on any atom is -0.374 e. The molecule has 0 saturated heterocycles. The predicted molar refractivity (Wildman–Crippen MR) is 71.4 cm³/mol. The molecule has 0 aliphatic heterocycles. The lowest BCUT2D eigenvalue weighted by Gasteiger charge is -2.14. The van der Waals surface area contributed by atoms with E-state index in [1.54, 1.807) is 7.11 Å². The maximum Gasteiger partial charge on any atom is 0.157 e. The highest BCUT2D eigenvalue weighted by atomic mass is 16.5. The third-order valence-corrected chi connectivity index (χ3v) is 3.30. The van der Waals surface area contributed by atoms with E-state index < -0.39 is 0 Å². The summed E-state index contributed by atoms with van der Waals surface area (Å²) in [5.74, 6) is 1.44. The van der Waals surface area contributed by atoms with Crippen molar-refractivity contribution in [2.45, 2.75) is 58.2 Å². The van der Waals surface area contributed by atoms with Gasteiger partial charge in [0.1, 0.15) is 6.10 Å². The second-order valence-corrected chi connectivity index (χ2v) is 5.33. The van der Waals surface area contributed by atoms with Gasteiger partial charge in [-0.05, 0) is 19.8 Å². The first kappa shape index (κ1) is 13.4. The molecule has 1 saturated carbocycles. The van der Waals surface area contributed by atoms with Crippen LogP contribution in [-0.2, 0) is 11.3 Å². The topological polar surface area (TPSA) is 47.0 Å². The average Bonchev–Trinajstić information content (AvgIpc) is 3.19. The summed E-state index contributed by atoms with van der Waals surface area (Å²) in [5.41, 5.74) is 2.45. The Morgan fingerprint density at radius 2 is 2.11 bits per heavy atom. The molecule has 1 aliphatic rings. The zero-order valence-corrected chi connectivity index (χ0v) is 11.7. The number of hydrogen-bond acceptors (Lipinski definition) is 4. The van der Waals surface area contributed by atoms with Crippen LogP contribution >= 0.6 is 0 Å². The van der Waals surface area contributed by atoms with Gasteiger partial charge in [0.25, 0.3) is 0 Å². The summed E-state index contributed by atoms with van der Waals surface area (Å²) in [6, 6.07) is 0.481. The summed E-state index contributed by atoms with van der Waals surface area (Å²) in [7, 11) is 1.69. The predicted octanol–water partition coefficient (Wildman–Crippen LogP) is 2.56. The summed E-state index contributed by atoms with van der Waals surface area (Å²) in [5, 5.41) is 3.44. The van der Waals surface area contributed by atoms with Crippen molar-refractivity contribution in [1.82, 2.24) is 15.3 Å². The van der Waals surface area contributed by atoms with Crippen molar-refractivity contribution in [3.8, 4) is 0 Å². The van der Waals surface area contributed by atoms with Crippen LogP contribution in [0.1, 0.15) is 62.7 Å². The van der Waals surface area contributed by atoms with Gasteiger partial charge >= 0.3 is 0 Å². The molecule has 100 valence electrons. The number of aromatic nitrogens is 2. The molecule has 1 heterocycles. The van der Waals surface area contributed by atoms with E-state index in [0.717, 1.165) is 12.4 Å². The van der Waals surface area contributed by atoms with Crippen LogP contribution in [0.25, 0.3) is 0 Å². The van der Waals surface area contributed by atoms with Crippen LogP contribution in [0, 0.1) is 0 Å². The van der Waals surface area contributed by atoms with Gasteiger partial charge in [-0.3, -0.25) is 0 Å². The van der Waals surface area contributed by atoms with Crippen molar-refractivity contribution in [3.63, 3.8) is 0 Å². The Morgan fingerprint density at radius 1 is 1.39 bits per heavy atom. The molecule has 0 aromatic carbocycles. The molecule has 0 radical (unpaired) electrons. The fourth-order valence-corrected chi connectivity index (χ4v) is 1.90. The molecule has 0 amide bonds. The fraction of sp³-hybridized carbons (Fsp3) is 0.714. The summed E-state index contributed by atoms with van der Waals surface area (Å²) in [6.07, 6.45) is 4.44. The smallest absolute Gasteiger partial charge is 0.157 e. The third-order valence-electron chi connectivity index (χ3n) is 3.30. The van der Waals surface area contributed by atoms with Crippen molar-refractivity contribution in [1.29, 1.82) is 0 Å². The molecule has 1 fully saturated rings. The maximum atomic E-state index is 5.29. The molecule has 4 heteroatoms. The summed E-state index contributed by atoms with van der Waals surface area (Å²) < 4.78 is 5.29. The van der Waals surface area contributed by atoms with Crippen molar-refractivity contribution in [3.05, 3.63) is 23.3 Å². The van der Waals surface area contributed by atoms with E-state index in [1.165, 1.54) is 24.1 Å². The van der Waals surface area contributed by atoms with Crippen LogP contribution in [0.15, 0.2) is 6.20 Å². The number of methoxy groups -OCH3 is 1. The van der Waals surface area contributed by atoms with Gasteiger partial charge in [-0.15, -0.1) is 0 Å². The van der Waals surface area contributed by atoms with Crippen LogP contribution in [0.4, 0.5) is 0 Å². The SMILES string of the molecule is COC(C)c1ncc(CNC(C)C)c(C2CC2)n1. The third kappa shape index (κ3) is 3.27. The van der Waals surface area contributed by atoms with Gasteiger partial charge in [0.2, 0.25) is 0 Å². The first-order valence-electron chi connectivity index (χ1n) is 6.73. The Hall–Kier alpha value is -1.00. The van der Waals surface area contributed by atoms with E-state index in [2.05, 4.69) is 24.1 Å². The van der Waals surface area contributed by atoms with Crippen molar-refractivity contribution < 1.29 is 4.74 Å². The quantitative estimate of drug-likeness (QED) is 0.841. The number of rotatable bonds is 6. The highest BCUT2D eigenvalue weighted by Gasteiger charge is 2.28. The highest BCUT2D eigenvalue weighted by molar-refractivity contribution is 5.25. The molecule has 0 bridgehead atoms. The van der Waals surface area contributed by atoms with Gasteiger partial charge < -0.3 is 10.1 Å². The first-order chi connectivity index (χ1) is 8.61. The van der Waals surface area contributed by atoms with Gasteiger partial charge in [-0.2, -0.15) is 0 Å². The van der Waals surface area contributed by atoms with E-state index >= 15 is 0 Å². The minimum absolute atomic E-state index is 0.0328. The Labute approximate surface area is 109 Å². The molecular weight excluding hydrogens is 226 g/mol. The van der Waals surface area contributed by atoms with E-state index in [-0.39, 0.29) is 6.10 Å². The van der Waals surface area contributed by atoms with Crippen LogP contribution in [0.5, 0.6) is 0 Å². The summed E-state index contributed by atoms with van der Waals surface area (Å²) in [6.45, 7) is 7.14. The van der Waals surface area contributed by atoms with E-state index in [1.807, 2.05) is 13.1 Å². The number of nitrogens with zero attached hydrogens (tertiary/aromatic N) is 2. The van der Waals surface area contributed by atoms with Crippen molar-refractivity contribution in [2.24, 2.45) is 0 Å². The molecule has 2 rings (SSSR count). The van der Waals surface area contributed by atoms with Gasteiger partial charge in [-0.1, -0.05) is 13.8 Å². The monoisotopic (exact) mass is 249 g/mol. The van der Waals surface area contributed by atoms with E-state index in [9.17, 15) is 0 Å². The Kier molecular flexibility index (Phi) is 4.30. The Bertz CT molecular complexity index is 402. The van der Waals surface area contributed by atoms with Crippen LogP contribution in [0.3, 0.4) is 0 Å². The lowest BCUT2D eigenvalue weighted by molar-refractivity contribution is 0.111. The molecular formula is C14H23N3O. The Morgan fingerprint density at radius 3 is 2.67 bits per heavy atom. The number of ether oxygens (including phenoxy) is 1. The average molecular weight is 249 g/mol. The fourth-order valence-electron chi connectivity index (χ4n) is 1.90. The normalized spacial score (nSPS) is 17.2. The van der Waals surface area contributed by atoms with Crippen LogP contribution in [-0.4, -0.2) is 23.1 Å². The van der Waals surface area contributed by atoms with Crippen molar-refractivity contribution in [2.75, 3.05) is 7.11 Å². The van der Waals surface area contributed by atoms with E-state index in [0.29, 0.717) is 12.0 Å². The standard InChI is InChI=1S/C14H23N3O/c1-9(2)15-7-12-8-16-14(10(3)18-4)17-13(12)11-5-6-11/h8-11,15H,5-7H2,1-4H3.